The molecule has 0 saturated carbocycles. The third-order valence-corrected chi connectivity index (χ3v) is 5.57. The normalized spacial score (nSPS) is 11.7. The van der Waals surface area contributed by atoms with Gasteiger partial charge >= 0.3 is 0 Å². The number of hydrogen-bond donors (Lipinski definition) is 2. The number of hydrogen-bond acceptors (Lipinski definition) is 2. The van der Waals surface area contributed by atoms with Crippen LogP contribution >= 0.6 is 11.3 Å². The molecule has 0 aliphatic heterocycles. The van der Waals surface area contributed by atoms with Crippen molar-refractivity contribution in [3.05, 3.63) is 66.7 Å². The lowest BCUT2D eigenvalue weighted by Gasteiger charge is -2.02. The molecule has 0 atom stereocenters. The van der Waals surface area contributed by atoms with Gasteiger partial charge in [-0.15, -0.1) is 11.3 Å². The summed E-state index contributed by atoms with van der Waals surface area (Å²) in [5.41, 5.74) is 11.4. The molecule has 23 heavy (non-hydrogen) atoms. The lowest BCUT2D eigenvalue weighted by molar-refractivity contribution is 1.56. The Kier molecular flexibility index (Phi) is 2.55. The van der Waals surface area contributed by atoms with Gasteiger partial charge in [-0.2, -0.15) is 0 Å². The molecule has 3 heteroatoms. The van der Waals surface area contributed by atoms with Crippen LogP contribution in [0.5, 0.6) is 0 Å². The molecule has 0 radical (unpaired) electrons. The van der Waals surface area contributed by atoms with E-state index < -0.39 is 0 Å². The Labute approximate surface area is 137 Å². The summed E-state index contributed by atoms with van der Waals surface area (Å²) in [6, 6.07) is 23.2. The molecule has 5 aromatic rings. The van der Waals surface area contributed by atoms with Gasteiger partial charge in [-0.3, -0.25) is 0 Å². The van der Waals surface area contributed by atoms with E-state index in [0.717, 1.165) is 5.69 Å². The van der Waals surface area contributed by atoms with Crippen molar-refractivity contribution in [1.29, 1.82) is 0 Å². The summed E-state index contributed by atoms with van der Waals surface area (Å²) in [6.07, 6.45) is 0. The first-order chi connectivity index (χ1) is 11.3. The summed E-state index contributed by atoms with van der Waals surface area (Å²) in [7, 11) is 0. The Morgan fingerprint density at radius 2 is 1.57 bits per heavy atom. The highest BCUT2D eigenvalue weighted by Gasteiger charge is 2.11. The van der Waals surface area contributed by atoms with Crippen molar-refractivity contribution < 1.29 is 0 Å². The van der Waals surface area contributed by atoms with E-state index in [-0.39, 0.29) is 0 Å². The minimum absolute atomic E-state index is 0.795. The second-order valence-electron chi connectivity index (χ2n) is 5.81. The molecular weight excluding hydrogens is 300 g/mol. The maximum Gasteiger partial charge on any atom is 0.0654 e. The van der Waals surface area contributed by atoms with Gasteiger partial charge in [0.25, 0.3) is 0 Å². The highest BCUT2D eigenvalue weighted by Crippen LogP contribution is 2.39. The summed E-state index contributed by atoms with van der Waals surface area (Å²) in [5.74, 6) is 0. The summed E-state index contributed by atoms with van der Waals surface area (Å²) in [5, 5.41) is 2.59. The zero-order valence-corrected chi connectivity index (χ0v) is 13.2. The zero-order valence-electron chi connectivity index (χ0n) is 12.3. The van der Waals surface area contributed by atoms with E-state index in [4.69, 9.17) is 5.73 Å². The van der Waals surface area contributed by atoms with Gasteiger partial charge in [0.2, 0.25) is 0 Å². The molecule has 0 bridgehead atoms. The number of benzene rings is 3. The van der Waals surface area contributed by atoms with Gasteiger partial charge in [0.15, 0.2) is 0 Å². The Morgan fingerprint density at radius 3 is 2.43 bits per heavy atom. The molecule has 0 aliphatic carbocycles. The Bertz CT molecular complexity index is 1160. The number of nitrogens with two attached hydrogens (primary N) is 1. The zero-order chi connectivity index (χ0) is 15.4. The number of nitrogen functional groups attached to an aromatic ring is 1. The molecule has 2 aromatic heterocycles. The molecule has 2 heterocycles. The van der Waals surface area contributed by atoms with E-state index in [0.29, 0.717) is 0 Å². The molecule has 2 nitrogen and oxygen atoms in total. The number of fused-ring (bicyclic) bond motifs is 5. The Balaban J connectivity index is 1.81. The first kappa shape index (κ1) is 12.7. The Hall–Kier alpha value is -2.78. The van der Waals surface area contributed by atoms with E-state index in [1.807, 2.05) is 23.5 Å². The SMILES string of the molecule is Nc1ccc(-c2ccc3[nH]c4c5ccccc5sc4c3c2)cc1. The van der Waals surface area contributed by atoms with Crippen LogP contribution in [0.15, 0.2) is 66.7 Å². The number of rotatable bonds is 1. The highest BCUT2D eigenvalue weighted by molar-refractivity contribution is 7.26. The first-order valence-corrected chi connectivity index (χ1v) is 8.40. The van der Waals surface area contributed by atoms with Crippen molar-refractivity contribution in [3.63, 3.8) is 0 Å². The van der Waals surface area contributed by atoms with Crippen LogP contribution in [0.2, 0.25) is 0 Å². The van der Waals surface area contributed by atoms with Crippen molar-refractivity contribution in [2.45, 2.75) is 0 Å². The van der Waals surface area contributed by atoms with E-state index in [9.17, 15) is 0 Å². The molecular formula is C20H14N2S. The minimum atomic E-state index is 0.795. The van der Waals surface area contributed by atoms with Crippen molar-refractivity contribution >= 4 is 48.2 Å². The fraction of sp³-hybridized carbons (Fsp3) is 0. The number of aromatic amines is 1. The van der Waals surface area contributed by atoms with Crippen molar-refractivity contribution in [1.82, 2.24) is 4.98 Å². The van der Waals surface area contributed by atoms with Crippen molar-refractivity contribution in [2.75, 3.05) is 5.73 Å². The smallest absolute Gasteiger partial charge is 0.0654 e. The van der Waals surface area contributed by atoms with Crippen LogP contribution in [0.25, 0.3) is 42.3 Å². The number of thiophene rings is 1. The molecule has 3 aromatic carbocycles. The number of aromatic nitrogens is 1. The van der Waals surface area contributed by atoms with Crippen LogP contribution in [0.4, 0.5) is 5.69 Å². The molecule has 3 N–H and O–H groups in total. The van der Waals surface area contributed by atoms with E-state index in [2.05, 4.69) is 59.6 Å². The first-order valence-electron chi connectivity index (χ1n) is 7.58. The molecule has 0 spiro atoms. The standard InChI is InChI=1S/C20H14N2S/c21-14-8-5-12(6-9-14)13-7-10-17-16(11-13)20-19(22-17)15-3-1-2-4-18(15)23-20/h1-11,22H,21H2. The average molecular weight is 314 g/mol. The lowest BCUT2D eigenvalue weighted by atomic mass is 10.0. The van der Waals surface area contributed by atoms with Crippen LogP contribution in [-0.2, 0) is 0 Å². The third kappa shape index (κ3) is 1.87. The van der Waals surface area contributed by atoms with Crippen LogP contribution in [-0.4, -0.2) is 4.98 Å². The van der Waals surface area contributed by atoms with Gasteiger partial charge in [0.05, 0.1) is 10.2 Å². The molecule has 0 saturated heterocycles. The van der Waals surface area contributed by atoms with Crippen LogP contribution in [0.3, 0.4) is 0 Å². The maximum atomic E-state index is 5.79. The van der Waals surface area contributed by atoms with Gasteiger partial charge in [-0.1, -0.05) is 36.4 Å². The Morgan fingerprint density at radius 1 is 0.783 bits per heavy atom. The predicted octanol–water partition coefficient (Wildman–Crippen LogP) is 5.79. The quantitative estimate of drug-likeness (QED) is 0.378. The third-order valence-electron chi connectivity index (χ3n) is 4.36. The minimum Gasteiger partial charge on any atom is -0.399 e. The number of H-pyrrole nitrogens is 1. The topological polar surface area (TPSA) is 41.8 Å². The molecule has 0 aliphatic rings. The predicted molar refractivity (Wildman–Crippen MR) is 101 cm³/mol. The maximum absolute atomic E-state index is 5.79. The number of anilines is 1. The molecule has 0 fully saturated rings. The van der Waals surface area contributed by atoms with E-state index in [1.165, 1.54) is 42.3 Å². The summed E-state index contributed by atoms with van der Waals surface area (Å²) in [4.78, 5) is 3.58. The summed E-state index contributed by atoms with van der Waals surface area (Å²) >= 11 is 1.85. The monoisotopic (exact) mass is 314 g/mol. The van der Waals surface area contributed by atoms with Gasteiger partial charge in [0, 0.05) is 26.7 Å². The van der Waals surface area contributed by atoms with Crippen LogP contribution in [0.1, 0.15) is 0 Å². The van der Waals surface area contributed by atoms with Crippen LogP contribution < -0.4 is 5.73 Å². The van der Waals surface area contributed by atoms with Crippen molar-refractivity contribution in [3.8, 4) is 11.1 Å². The fourth-order valence-corrected chi connectivity index (χ4v) is 4.38. The fourth-order valence-electron chi connectivity index (χ4n) is 3.19. The van der Waals surface area contributed by atoms with Gasteiger partial charge in [-0.25, -0.2) is 0 Å². The number of nitrogens with one attached hydrogen (secondary N) is 1. The second kappa shape index (κ2) is 4.61. The van der Waals surface area contributed by atoms with Crippen molar-refractivity contribution in [2.24, 2.45) is 0 Å². The largest absolute Gasteiger partial charge is 0.399 e. The second-order valence-corrected chi connectivity index (χ2v) is 6.86. The van der Waals surface area contributed by atoms with E-state index in [1.54, 1.807) is 0 Å². The lowest BCUT2D eigenvalue weighted by Crippen LogP contribution is -1.83. The molecule has 0 unspecified atom stereocenters. The summed E-state index contributed by atoms with van der Waals surface area (Å²) < 4.78 is 2.66. The molecule has 110 valence electrons. The molecule has 0 amide bonds. The van der Waals surface area contributed by atoms with Crippen LogP contribution in [0, 0.1) is 0 Å². The highest BCUT2D eigenvalue weighted by atomic mass is 32.1. The van der Waals surface area contributed by atoms with E-state index >= 15 is 0 Å². The summed E-state index contributed by atoms with van der Waals surface area (Å²) in [6.45, 7) is 0. The van der Waals surface area contributed by atoms with Gasteiger partial charge in [0.1, 0.15) is 0 Å². The average Bonchev–Trinajstić information content (AvgIpc) is 3.11. The van der Waals surface area contributed by atoms with Gasteiger partial charge < -0.3 is 10.7 Å². The molecule has 5 rings (SSSR count). The van der Waals surface area contributed by atoms with Gasteiger partial charge in [-0.05, 0) is 41.5 Å².